The van der Waals surface area contributed by atoms with E-state index in [4.69, 9.17) is 11.6 Å². The maximum Gasteiger partial charge on any atom is 0.285 e. The van der Waals surface area contributed by atoms with Crippen LogP contribution in [0.15, 0.2) is 35.5 Å². The molecular weight excluding hydrogens is 240 g/mol. The van der Waals surface area contributed by atoms with Gasteiger partial charge in [-0.05, 0) is 24.6 Å². The van der Waals surface area contributed by atoms with Crippen LogP contribution in [0.4, 0.5) is 5.69 Å². The Morgan fingerprint density at radius 1 is 1.41 bits per heavy atom. The molecule has 6 heteroatoms. The molecule has 0 bridgehead atoms. The molecule has 17 heavy (non-hydrogen) atoms. The van der Waals surface area contributed by atoms with Crippen LogP contribution in [0.5, 0.6) is 0 Å². The first-order valence-electron chi connectivity index (χ1n) is 5.08. The summed E-state index contributed by atoms with van der Waals surface area (Å²) in [5.41, 5.74) is 1.16. The SMILES string of the molecule is CC(Nc1cn[nH]c(=O)c1Cl)c1ccncc1. The quantitative estimate of drug-likeness (QED) is 0.874. The van der Waals surface area contributed by atoms with Crippen LogP contribution in [0.3, 0.4) is 0 Å². The van der Waals surface area contributed by atoms with Crippen LogP contribution in [0.1, 0.15) is 18.5 Å². The van der Waals surface area contributed by atoms with E-state index in [9.17, 15) is 4.79 Å². The average molecular weight is 251 g/mol. The van der Waals surface area contributed by atoms with Gasteiger partial charge >= 0.3 is 0 Å². The Bertz CT molecular complexity index is 555. The van der Waals surface area contributed by atoms with Gasteiger partial charge in [0.25, 0.3) is 5.56 Å². The van der Waals surface area contributed by atoms with Crippen molar-refractivity contribution in [2.45, 2.75) is 13.0 Å². The number of H-pyrrole nitrogens is 1. The molecule has 2 N–H and O–H groups in total. The minimum absolute atomic E-state index is 0.0131. The molecule has 1 atom stereocenters. The van der Waals surface area contributed by atoms with Gasteiger partial charge < -0.3 is 5.32 Å². The van der Waals surface area contributed by atoms with E-state index < -0.39 is 5.56 Å². The maximum atomic E-state index is 11.3. The molecule has 5 nitrogen and oxygen atoms in total. The maximum absolute atomic E-state index is 11.3. The highest BCUT2D eigenvalue weighted by Gasteiger charge is 2.09. The summed E-state index contributed by atoms with van der Waals surface area (Å²) < 4.78 is 0. The number of nitrogens with zero attached hydrogens (tertiary/aromatic N) is 2. The van der Waals surface area contributed by atoms with Crippen LogP contribution in [-0.2, 0) is 0 Å². The van der Waals surface area contributed by atoms with Crippen LogP contribution in [0.25, 0.3) is 0 Å². The fraction of sp³-hybridized carbons (Fsp3) is 0.182. The fourth-order valence-electron chi connectivity index (χ4n) is 1.45. The van der Waals surface area contributed by atoms with Crippen molar-refractivity contribution in [2.75, 3.05) is 5.32 Å². The van der Waals surface area contributed by atoms with E-state index in [1.165, 1.54) is 6.20 Å². The molecule has 1 unspecified atom stereocenters. The Morgan fingerprint density at radius 2 is 2.12 bits per heavy atom. The van der Waals surface area contributed by atoms with E-state index in [2.05, 4.69) is 20.5 Å². The van der Waals surface area contributed by atoms with E-state index in [-0.39, 0.29) is 11.1 Å². The van der Waals surface area contributed by atoms with Gasteiger partial charge in [0.05, 0.1) is 11.9 Å². The molecule has 0 aliphatic heterocycles. The Hall–Kier alpha value is -1.88. The molecule has 0 fully saturated rings. The lowest BCUT2D eigenvalue weighted by Crippen LogP contribution is -2.14. The third-order valence-corrected chi connectivity index (χ3v) is 2.75. The normalized spacial score (nSPS) is 12.1. The van der Waals surface area contributed by atoms with Crippen molar-refractivity contribution < 1.29 is 0 Å². The molecule has 0 radical (unpaired) electrons. The van der Waals surface area contributed by atoms with Gasteiger partial charge in [0.1, 0.15) is 5.02 Å². The first kappa shape index (κ1) is 11.6. The summed E-state index contributed by atoms with van der Waals surface area (Å²) >= 11 is 5.87. The molecular formula is C11H11ClN4O. The summed E-state index contributed by atoms with van der Waals surface area (Å²) in [4.78, 5) is 15.2. The Labute approximate surface area is 103 Å². The number of hydrogen-bond acceptors (Lipinski definition) is 4. The zero-order valence-corrected chi connectivity index (χ0v) is 9.90. The molecule has 88 valence electrons. The summed E-state index contributed by atoms with van der Waals surface area (Å²) in [6.07, 6.45) is 4.91. The number of halogens is 1. The van der Waals surface area contributed by atoms with Crippen molar-refractivity contribution in [3.05, 3.63) is 51.7 Å². The predicted octanol–water partition coefficient (Wildman–Crippen LogP) is 1.99. The van der Waals surface area contributed by atoms with Crippen LogP contribution >= 0.6 is 11.6 Å². The van der Waals surface area contributed by atoms with Crippen LogP contribution in [-0.4, -0.2) is 15.2 Å². The molecule has 0 aliphatic carbocycles. The minimum atomic E-state index is -0.404. The first-order valence-corrected chi connectivity index (χ1v) is 5.46. The third kappa shape index (κ3) is 2.62. The van der Waals surface area contributed by atoms with Crippen molar-refractivity contribution in [3.8, 4) is 0 Å². The van der Waals surface area contributed by atoms with E-state index in [0.717, 1.165) is 5.56 Å². The number of aromatic nitrogens is 3. The molecule has 0 aliphatic rings. The zero-order chi connectivity index (χ0) is 12.3. The molecule has 2 rings (SSSR count). The Kier molecular flexibility index (Phi) is 3.39. The molecule has 2 heterocycles. The summed E-state index contributed by atoms with van der Waals surface area (Å²) in [6.45, 7) is 1.97. The highest BCUT2D eigenvalue weighted by molar-refractivity contribution is 6.32. The monoisotopic (exact) mass is 250 g/mol. The Morgan fingerprint density at radius 3 is 2.82 bits per heavy atom. The third-order valence-electron chi connectivity index (χ3n) is 2.37. The van der Waals surface area contributed by atoms with Crippen LogP contribution in [0.2, 0.25) is 5.02 Å². The standard InChI is InChI=1S/C11H11ClN4O/c1-7(8-2-4-13-5-3-8)15-9-6-14-16-11(17)10(9)12/h2-7H,1H3,(H2,15,16,17). The second-order valence-corrected chi connectivity index (χ2v) is 3.95. The van der Waals surface area contributed by atoms with Crippen molar-refractivity contribution in [2.24, 2.45) is 0 Å². The lowest BCUT2D eigenvalue weighted by atomic mass is 10.1. The number of aromatic amines is 1. The highest BCUT2D eigenvalue weighted by atomic mass is 35.5. The van der Waals surface area contributed by atoms with Crippen molar-refractivity contribution in [1.29, 1.82) is 0 Å². The van der Waals surface area contributed by atoms with Gasteiger partial charge in [-0.2, -0.15) is 5.10 Å². The van der Waals surface area contributed by atoms with Crippen molar-refractivity contribution in [1.82, 2.24) is 15.2 Å². The number of hydrogen-bond donors (Lipinski definition) is 2. The zero-order valence-electron chi connectivity index (χ0n) is 9.14. The van der Waals surface area contributed by atoms with Gasteiger partial charge in [-0.15, -0.1) is 0 Å². The molecule has 0 amide bonds. The molecule has 0 saturated heterocycles. The van der Waals surface area contributed by atoms with E-state index >= 15 is 0 Å². The first-order chi connectivity index (χ1) is 8.18. The Balaban J connectivity index is 2.22. The summed E-state index contributed by atoms with van der Waals surface area (Å²) in [5.74, 6) is 0. The summed E-state index contributed by atoms with van der Waals surface area (Å²) in [7, 11) is 0. The number of rotatable bonds is 3. The van der Waals surface area contributed by atoms with E-state index in [0.29, 0.717) is 5.69 Å². The van der Waals surface area contributed by atoms with Crippen LogP contribution < -0.4 is 10.9 Å². The molecule has 0 saturated carbocycles. The lowest BCUT2D eigenvalue weighted by Gasteiger charge is -2.15. The van der Waals surface area contributed by atoms with Gasteiger partial charge in [-0.1, -0.05) is 11.6 Å². The van der Waals surface area contributed by atoms with Gasteiger partial charge in [0.2, 0.25) is 0 Å². The average Bonchev–Trinajstić information content (AvgIpc) is 2.36. The summed E-state index contributed by atoms with van der Waals surface area (Å²) in [5, 5.41) is 9.20. The van der Waals surface area contributed by atoms with Gasteiger partial charge in [0.15, 0.2) is 0 Å². The molecule has 0 spiro atoms. The molecule has 0 aromatic carbocycles. The predicted molar refractivity (Wildman–Crippen MR) is 66.1 cm³/mol. The smallest absolute Gasteiger partial charge is 0.285 e. The highest BCUT2D eigenvalue weighted by Crippen LogP contribution is 2.21. The minimum Gasteiger partial charge on any atom is -0.376 e. The van der Waals surface area contributed by atoms with Crippen molar-refractivity contribution >= 4 is 17.3 Å². The van der Waals surface area contributed by atoms with Gasteiger partial charge in [-0.3, -0.25) is 9.78 Å². The topological polar surface area (TPSA) is 70.7 Å². The van der Waals surface area contributed by atoms with Crippen molar-refractivity contribution in [3.63, 3.8) is 0 Å². The van der Waals surface area contributed by atoms with E-state index in [1.54, 1.807) is 12.4 Å². The number of anilines is 1. The largest absolute Gasteiger partial charge is 0.376 e. The number of pyridine rings is 1. The van der Waals surface area contributed by atoms with Crippen LogP contribution in [0, 0.1) is 0 Å². The number of nitrogens with one attached hydrogen (secondary N) is 2. The van der Waals surface area contributed by atoms with Gasteiger partial charge in [0, 0.05) is 18.4 Å². The summed E-state index contributed by atoms with van der Waals surface area (Å²) in [6, 6.07) is 3.80. The van der Waals surface area contributed by atoms with Gasteiger partial charge in [-0.25, -0.2) is 5.10 Å². The van der Waals surface area contributed by atoms with E-state index in [1.807, 2.05) is 19.1 Å². The fourth-order valence-corrected chi connectivity index (χ4v) is 1.60. The molecule has 2 aromatic heterocycles. The lowest BCUT2D eigenvalue weighted by molar-refractivity contribution is 0.871. The second-order valence-electron chi connectivity index (χ2n) is 3.57. The molecule has 2 aromatic rings. The second kappa shape index (κ2) is 4.97.